The molecule has 0 fully saturated rings. The Hall–Kier alpha value is -2.30. The van der Waals surface area contributed by atoms with Crippen molar-refractivity contribution in [2.75, 3.05) is 18.5 Å². The van der Waals surface area contributed by atoms with Crippen LogP contribution in [0, 0.1) is 0 Å². The average Bonchev–Trinajstić information content (AvgIpc) is 3.07. The lowest BCUT2D eigenvalue weighted by Crippen LogP contribution is -2.34. The van der Waals surface area contributed by atoms with Gasteiger partial charge in [0.25, 0.3) is 0 Å². The molecule has 140 valence electrons. The minimum absolute atomic E-state index is 0.00987. The van der Waals surface area contributed by atoms with Gasteiger partial charge in [-0.15, -0.1) is 0 Å². The number of nitrogens with one attached hydrogen (secondary N) is 2. The van der Waals surface area contributed by atoms with E-state index >= 15 is 0 Å². The van der Waals surface area contributed by atoms with E-state index < -0.39 is 6.09 Å². The Labute approximate surface area is 161 Å². The van der Waals surface area contributed by atoms with Crippen molar-refractivity contribution in [1.29, 1.82) is 0 Å². The van der Waals surface area contributed by atoms with Gasteiger partial charge in [-0.2, -0.15) is 5.10 Å². The highest BCUT2D eigenvalue weighted by atomic mass is 35.5. The van der Waals surface area contributed by atoms with Crippen LogP contribution in [0.5, 0.6) is 0 Å². The lowest BCUT2D eigenvalue weighted by Gasteiger charge is -2.12. The molecular weight excluding hydrogens is 380 g/mol. The zero-order valence-corrected chi connectivity index (χ0v) is 16.1. The predicted molar refractivity (Wildman–Crippen MR) is 101 cm³/mol. The largest absolute Gasteiger partial charge is 0.450 e. The van der Waals surface area contributed by atoms with Gasteiger partial charge in [0.15, 0.2) is 10.9 Å². The highest BCUT2D eigenvalue weighted by Crippen LogP contribution is 2.30. The van der Waals surface area contributed by atoms with Gasteiger partial charge in [0, 0.05) is 18.4 Å². The number of alkyl carbamates (subject to hydrolysis) is 1. The molecule has 2 N–H and O–H groups in total. The molecule has 1 atom stereocenters. The van der Waals surface area contributed by atoms with Crippen LogP contribution in [0.15, 0.2) is 18.7 Å². The van der Waals surface area contributed by atoms with Crippen LogP contribution in [0.2, 0.25) is 5.02 Å². The number of amides is 1. The number of rotatable bonds is 6. The van der Waals surface area contributed by atoms with Crippen molar-refractivity contribution in [1.82, 2.24) is 25.1 Å². The molecule has 26 heavy (non-hydrogen) atoms. The number of nitrogens with zero attached hydrogens (tertiary/aromatic N) is 4. The fraction of sp³-hybridized carbons (Fsp3) is 0.400. The Morgan fingerprint density at radius 3 is 2.85 bits per heavy atom. The second kappa shape index (κ2) is 9.41. The highest BCUT2D eigenvalue weighted by molar-refractivity contribution is 7.80. The maximum absolute atomic E-state index is 11.4. The van der Waals surface area contributed by atoms with Gasteiger partial charge < -0.3 is 14.8 Å². The highest BCUT2D eigenvalue weighted by Gasteiger charge is 2.16. The van der Waals surface area contributed by atoms with E-state index in [4.69, 9.17) is 33.3 Å². The molecule has 0 aromatic carbocycles. The van der Waals surface area contributed by atoms with Crippen LogP contribution >= 0.6 is 23.8 Å². The van der Waals surface area contributed by atoms with Crippen LogP contribution in [0.3, 0.4) is 0 Å². The van der Waals surface area contributed by atoms with E-state index in [2.05, 4.69) is 25.7 Å². The summed E-state index contributed by atoms with van der Waals surface area (Å²) in [6, 6.07) is 0. The molecule has 2 rings (SSSR count). The van der Waals surface area contributed by atoms with E-state index in [1.807, 2.05) is 13.8 Å². The van der Waals surface area contributed by atoms with E-state index in [1.165, 1.54) is 6.33 Å². The van der Waals surface area contributed by atoms with Gasteiger partial charge in [-0.05, 0) is 33.0 Å². The van der Waals surface area contributed by atoms with Gasteiger partial charge in [0.05, 0.1) is 18.5 Å². The molecule has 2 aromatic rings. The maximum Gasteiger partial charge on any atom is 0.413 e. The molecule has 0 aliphatic heterocycles. The van der Waals surface area contributed by atoms with E-state index in [0.717, 1.165) is 0 Å². The lowest BCUT2D eigenvalue weighted by molar-refractivity contribution is 0.0160. The van der Waals surface area contributed by atoms with Crippen molar-refractivity contribution in [3.63, 3.8) is 0 Å². The van der Waals surface area contributed by atoms with Crippen molar-refractivity contribution < 1.29 is 14.3 Å². The first-order valence-electron chi connectivity index (χ1n) is 7.87. The maximum atomic E-state index is 11.4. The normalized spacial score (nSPS) is 11.7. The van der Waals surface area contributed by atoms with Crippen LogP contribution in [0.1, 0.15) is 27.0 Å². The number of ether oxygens (including phenoxy) is 2. The number of halogens is 1. The fourth-order valence-electron chi connectivity index (χ4n) is 2.03. The molecular formula is C15H19ClN6O3S. The van der Waals surface area contributed by atoms with Crippen LogP contribution < -0.4 is 10.6 Å². The van der Waals surface area contributed by atoms with Crippen LogP contribution in [0.4, 0.5) is 10.6 Å². The molecule has 9 nitrogen and oxygen atoms in total. The predicted octanol–water partition coefficient (Wildman–Crippen LogP) is 2.99. The van der Waals surface area contributed by atoms with E-state index in [1.54, 1.807) is 24.0 Å². The summed E-state index contributed by atoms with van der Waals surface area (Å²) < 4.78 is 11.9. The number of hydrogen-bond donors (Lipinski definition) is 2. The second-order valence-electron chi connectivity index (χ2n) is 4.95. The number of anilines is 1. The summed E-state index contributed by atoms with van der Waals surface area (Å²) in [6.45, 7) is 6.29. The quantitative estimate of drug-likeness (QED) is 0.716. The molecule has 0 spiro atoms. The van der Waals surface area contributed by atoms with Gasteiger partial charge in [0.1, 0.15) is 17.6 Å². The summed E-state index contributed by atoms with van der Waals surface area (Å²) in [5.41, 5.74) is 1.16. The summed E-state index contributed by atoms with van der Waals surface area (Å²) in [7, 11) is 0. The van der Waals surface area contributed by atoms with Gasteiger partial charge in [-0.3, -0.25) is 5.32 Å². The first-order chi connectivity index (χ1) is 12.5. The third-order valence-electron chi connectivity index (χ3n) is 3.17. The third kappa shape index (κ3) is 5.10. The van der Waals surface area contributed by atoms with E-state index in [-0.39, 0.29) is 28.8 Å². The minimum atomic E-state index is -0.665. The van der Waals surface area contributed by atoms with Gasteiger partial charge in [-0.25, -0.2) is 19.4 Å². The van der Waals surface area contributed by atoms with E-state index in [9.17, 15) is 4.79 Å². The lowest BCUT2D eigenvalue weighted by atomic mass is 10.2. The molecule has 0 saturated heterocycles. The zero-order chi connectivity index (χ0) is 19.1. The van der Waals surface area contributed by atoms with Crippen LogP contribution in [0.25, 0.3) is 11.3 Å². The summed E-state index contributed by atoms with van der Waals surface area (Å²) in [5.74, 6) is 0.254. The number of carbonyl (C=O) groups excluding carboxylic acids is 1. The molecule has 0 radical (unpaired) electrons. The summed E-state index contributed by atoms with van der Waals surface area (Å²) in [5, 5.41) is 9.61. The molecule has 0 saturated carbocycles. The van der Waals surface area contributed by atoms with Crippen LogP contribution in [-0.4, -0.2) is 44.2 Å². The van der Waals surface area contributed by atoms with Crippen molar-refractivity contribution >= 4 is 40.8 Å². The van der Waals surface area contributed by atoms with Crippen molar-refractivity contribution in [2.45, 2.75) is 27.0 Å². The summed E-state index contributed by atoms with van der Waals surface area (Å²) >= 11 is 11.4. The van der Waals surface area contributed by atoms with Crippen molar-refractivity contribution in [2.24, 2.45) is 0 Å². The number of carbonyl (C=O) groups is 1. The van der Waals surface area contributed by atoms with Gasteiger partial charge >= 0.3 is 6.09 Å². The second-order valence-corrected chi connectivity index (χ2v) is 5.73. The SMILES string of the molecule is CCOC(=O)NC(=S)Nc1ncnc(-c2cnn(C(C)OCC)c2)c1Cl. The Balaban J connectivity index is 2.16. The Morgan fingerprint density at radius 2 is 2.15 bits per heavy atom. The zero-order valence-electron chi connectivity index (χ0n) is 14.5. The Morgan fingerprint density at radius 1 is 1.38 bits per heavy atom. The fourth-order valence-corrected chi connectivity index (χ4v) is 2.47. The molecule has 0 aliphatic rings. The van der Waals surface area contributed by atoms with Crippen molar-refractivity contribution in [3.05, 3.63) is 23.7 Å². The molecule has 0 bridgehead atoms. The first-order valence-corrected chi connectivity index (χ1v) is 8.66. The van der Waals surface area contributed by atoms with Crippen LogP contribution in [-0.2, 0) is 9.47 Å². The monoisotopic (exact) mass is 398 g/mol. The molecule has 1 unspecified atom stereocenters. The molecule has 0 aliphatic carbocycles. The van der Waals surface area contributed by atoms with Gasteiger partial charge in [0.2, 0.25) is 0 Å². The Bertz CT molecular complexity index is 784. The molecule has 11 heteroatoms. The Kier molecular flexibility index (Phi) is 7.25. The summed E-state index contributed by atoms with van der Waals surface area (Å²) in [6.07, 6.45) is 3.85. The standard InChI is InChI=1S/C15H19ClN6O3S/c1-4-24-9(3)22-7-10(6-19-22)12-11(16)13(18-8-17-12)20-14(26)21-15(23)25-5-2/h6-9H,4-5H2,1-3H3,(H2,17,18,20,21,23,26). The van der Waals surface area contributed by atoms with Crippen molar-refractivity contribution in [3.8, 4) is 11.3 Å². The number of thiocarbonyl (C=S) groups is 1. The third-order valence-corrected chi connectivity index (χ3v) is 3.73. The van der Waals surface area contributed by atoms with E-state index in [0.29, 0.717) is 17.9 Å². The molecule has 2 aromatic heterocycles. The number of aromatic nitrogens is 4. The summed E-state index contributed by atoms with van der Waals surface area (Å²) in [4.78, 5) is 19.6. The smallest absolute Gasteiger partial charge is 0.413 e. The molecule has 2 heterocycles. The first kappa shape index (κ1) is 20.0. The topological polar surface area (TPSA) is 103 Å². The number of hydrogen-bond acceptors (Lipinski definition) is 7. The van der Waals surface area contributed by atoms with Gasteiger partial charge in [-0.1, -0.05) is 11.6 Å². The average molecular weight is 399 g/mol. The molecule has 1 amide bonds. The minimum Gasteiger partial charge on any atom is -0.450 e.